The van der Waals surface area contributed by atoms with Crippen LogP contribution < -0.4 is 10.9 Å². The summed E-state index contributed by atoms with van der Waals surface area (Å²) in [6.07, 6.45) is 6.81. The molecule has 1 heterocycles. The third kappa shape index (κ3) is 4.61. The number of carbonyl (C=O) groups is 2. The molecule has 7 nitrogen and oxygen atoms in total. The smallest absolute Gasteiger partial charge is 0.318 e. The average Bonchev–Trinajstić information content (AvgIpc) is 2.74. The molecule has 2 unspecified atom stereocenters. The second-order valence-electron chi connectivity index (χ2n) is 6.96. The van der Waals surface area contributed by atoms with Gasteiger partial charge in [-0.05, 0) is 42.5 Å². The molecule has 8 heteroatoms. The van der Waals surface area contributed by atoms with Gasteiger partial charge in [0.15, 0.2) is 5.78 Å². The molecule has 1 aliphatic rings. The molecule has 2 amide bonds. The normalized spacial score (nSPS) is 16.6. The first kappa shape index (κ1) is 21.3. The van der Waals surface area contributed by atoms with Crippen molar-refractivity contribution in [2.75, 3.05) is 6.54 Å². The van der Waals surface area contributed by atoms with Crippen LogP contribution in [0.25, 0.3) is 10.8 Å². The highest BCUT2D eigenvalue weighted by atomic mass is 35.5. The van der Waals surface area contributed by atoms with Gasteiger partial charge in [-0.25, -0.2) is 4.79 Å². The highest BCUT2D eigenvalue weighted by molar-refractivity contribution is 6.44. The Morgan fingerprint density at radius 3 is 2.77 bits per heavy atom. The lowest BCUT2D eigenvalue weighted by molar-refractivity contribution is -0.110. The van der Waals surface area contributed by atoms with Gasteiger partial charge in [0, 0.05) is 24.5 Å². The highest BCUT2D eigenvalue weighted by Gasteiger charge is 2.25. The number of benzene rings is 1. The van der Waals surface area contributed by atoms with E-state index >= 15 is 0 Å². The Morgan fingerprint density at radius 1 is 1.33 bits per heavy atom. The van der Waals surface area contributed by atoms with Gasteiger partial charge < -0.3 is 15.2 Å². The molecule has 0 bridgehead atoms. The van der Waals surface area contributed by atoms with Crippen molar-refractivity contribution in [2.45, 2.75) is 31.8 Å². The number of hydrogen-bond acceptors (Lipinski definition) is 4. The Labute approximate surface area is 178 Å². The van der Waals surface area contributed by atoms with Crippen molar-refractivity contribution in [3.05, 3.63) is 69.6 Å². The van der Waals surface area contributed by atoms with Crippen LogP contribution >= 0.6 is 11.6 Å². The third-order valence-electron chi connectivity index (χ3n) is 5.01. The van der Waals surface area contributed by atoms with Crippen LogP contribution in [0, 0.1) is 11.3 Å². The monoisotopic (exact) mass is 424 g/mol. The molecule has 1 aliphatic carbocycles. The van der Waals surface area contributed by atoms with Crippen LogP contribution in [-0.4, -0.2) is 34.3 Å². The molecule has 3 rings (SSSR count). The molecule has 30 heavy (non-hydrogen) atoms. The summed E-state index contributed by atoms with van der Waals surface area (Å²) < 4.78 is 0. The number of fused-ring (bicyclic) bond motifs is 1. The summed E-state index contributed by atoms with van der Waals surface area (Å²) in [6, 6.07) is 8.05. The number of H-pyrrole nitrogens is 1. The number of pyridine rings is 1. The maximum atomic E-state index is 13.1. The van der Waals surface area contributed by atoms with E-state index < -0.39 is 6.04 Å². The summed E-state index contributed by atoms with van der Waals surface area (Å²) >= 11 is 5.89. The van der Waals surface area contributed by atoms with Gasteiger partial charge in [-0.2, -0.15) is 5.26 Å². The first-order chi connectivity index (χ1) is 14.4. The predicted molar refractivity (Wildman–Crippen MR) is 115 cm³/mol. The quantitative estimate of drug-likeness (QED) is 0.691. The zero-order valence-corrected chi connectivity index (χ0v) is 17.1. The lowest BCUT2D eigenvalue weighted by atomic mass is 10.0. The number of hydrogen-bond donors (Lipinski definition) is 2. The second-order valence-corrected chi connectivity index (χ2v) is 7.37. The van der Waals surface area contributed by atoms with Crippen LogP contribution in [0.5, 0.6) is 0 Å². The number of carbonyl (C=O) groups excluding carboxylic acids is 2. The van der Waals surface area contributed by atoms with Gasteiger partial charge in [-0.3, -0.25) is 9.59 Å². The summed E-state index contributed by atoms with van der Waals surface area (Å²) in [5.74, 6) is -0.305. The number of halogens is 1. The number of urea groups is 1. The number of nitriles is 1. The van der Waals surface area contributed by atoms with Gasteiger partial charge >= 0.3 is 6.03 Å². The molecule has 0 fully saturated rings. The molecule has 0 saturated heterocycles. The fourth-order valence-electron chi connectivity index (χ4n) is 3.43. The second kappa shape index (κ2) is 9.42. The minimum atomic E-state index is -0.513. The van der Waals surface area contributed by atoms with E-state index in [9.17, 15) is 14.4 Å². The van der Waals surface area contributed by atoms with E-state index in [1.165, 1.54) is 12.2 Å². The van der Waals surface area contributed by atoms with Gasteiger partial charge in [0.05, 0.1) is 23.2 Å². The number of aromatic amines is 1. The van der Waals surface area contributed by atoms with Crippen LogP contribution in [0.4, 0.5) is 4.79 Å². The third-order valence-corrected chi connectivity index (χ3v) is 5.33. The zero-order chi connectivity index (χ0) is 21.7. The number of ketones is 1. The Kier molecular flexibility index (Phi) is 6.70. The lowest BCUT2D eigenvalue weighted by Crippen LogP contribution is -2.45. The van der Waals surface area contributed by atoms with Crippen molar-refractivity contribution < 1.29 is 9.59 Å². The highest BCUT2D eigenvalue weighted by Crippen LogP contribution is 2.26. The van der Waals surface area contributed by atoms with Crippen molar-refractivity contribution in [1.29, 1.82) is 5.26 Å². The maximum absolute atomic E-state index is 13.1. The first-order valence-electron chi connectivity index (χ1n) is 9.56. The molecule has 0 radical (unpaired) electrons. The maximum Gasteiger partial charge on any atom is 0.318 e. The standard InChI is InChI=1S/C22H21ClN4O3/c1-14(18-13-25-21(29)17-7-3-2-6-16(17)18)27(11-5-4-10-24)22(30)26-15-8-9-20(28)19(23)12-15/h2-3,6-9,12-15H,4-5,11H2,1H3,(H,25,29)(H,26,30). The average molecular weight is 425 g/mol. The summed E-state index contributed by atoms with van der Waals surface area (Å²) in [7, 11) is 0. The molecule has 0 aliphatic heterocycles. The van der Waals surface area contributed by atoms with Crippen LogP contribution in [0.2, 0.25) is 0 Å². The number of nitrogens with one attached hydrogen (secondary N) is 2. The fourth-order valence-corrected chi connectivity index (χ4v) is 3.62. The molecule has 2 atom stereocenters. The van der Waals surface area contributed by atoms with Gasteiger partial charge in [0.25, 0.3) is 5.56 Å². The van der Waals surface area contributed by atoms with E-state index in [4.69, 9.17) is 16.9 Å². The Balaban J connectivity index is 1.90. The molecule has 2 aromatic rings. The summed E-state index contributed by atoms with van der Waals surface area (Å²) in [5.41, 5.74) is 0.596. The first-order valence-corrected chi connectivity index (χ1v) is 9.94. The lowest BCUT2D eigenvalue weighted by Gasteiger charge is -2.31. The molecule has 2 N–H and O–H groups in total. The Bertz CT molecular complexity index is 1130. The number of rotatable bonds is 6. The van der Waals surface area contributed by atoms with E-state index in [2.05, 4.69) is 16.4 Å². The minimum absolute atomic E-state index is 0.0542. The fraction of sp³-hybridized carbons (Fsp3) is 0.273. The molecule has 154 valence electrons. The van der Waals surface area contributed by atoms with Gasteiger partial charge in [0.2, 0.25) is 0 Å². The van der Waals surface area contributed by atoms with E-state index in [0.717, 1.165) is 10.9 Å². The topological polar surface area (TPSA) is 106 Å². The van der Waals surface area contributed by atoms with E-state index in [-0.39, 0.29) is 28.4 Å². The minimum Gasteiger partial charge on any atom is -0.328 e. The Morgan fingerprint density at radius 2 is 2.07 bits per heavy atom. The van der Waals surface area contributed by atoms with Gasteiger partial charge in [-0.1, -0.05) is 35.9 Å². The zero-order valence-electron chi connectivity index (χ0n) is 16.4. The van der Waals surface area contributed by atoms with E-state index in [1.54, 1.807) is 29.3 Å². The van der Waals surface area contributed by atoms with Crippen molar-refractivity contribution in [3.63, 3.8) is 0 Å². The molecule has 0 spiro atoms. The van der Waals surface area contributed by atoms with Crippen LogP contribution in [0.15, 0.2) is 58.5 Å². The summed E-state index contributed by atoms with van der Waals surface area (Å²) in [4.78, 5) is 41.1. The number of nitrogens with zero attached hydrogens (tertiary/aromatic N) is 2. The SMILES string of the molecule is CC(c1c[nH]c(=O)c2ccccc12)N(CCCC#N)C(=O)NC1C=CC(=O)C(Cl)=C1. The van der Waals surface area contributed by atoms with Crippen molar-refractivity contribution >= 4 is 34.2 Å². The van der Waals surface area contributed by atoms with E-state index in [0.29, 0.717) is 24.8 Å². The molecule has 1 aromatic carbocycles. The van der Waals surface area contributed by atoms with Crippen molar-refractivity contribution in [2.24, 2.45) is 0 Å². The number of aromatic nitrogens is 1. The number of amides is 2. The van der Waals surface area contributed by atoms with Gasteiger partial charge in [-0.15, -0.1) is 0 Å². The van der Waals surface area contributed by atoms with Crippen LogP contribution in [0.3, 0.4) is 0 Å². The molecule has 0 saturated carbocycles. The van der Waals surface area contributed by atoms with E-state index in [1.807, 2.05) is 19.1 Å². The largest absolute Gasteiger partial charge is 0.328 e. The number of allylic oxidation sites excluding steroid dienone is 2. The predicted octanol–water partition coefficient (Wildman–Crippen LogP) is 3.53. The number of unbranched alkanes of at least 4 members (excludes halogenated alkanes) is 1. The Hall–Kier alpha value is -3.37. The molecular formula is C22H21ClN4O3. The van der Waals surface area contributed by atoms with Crippen molar-refractivity contribution in [1.82, 2.24) is 15.2 Å². The van der Waals surface area contributed by atoms with Crippen LogP contribution in [-0.2, 0) is 4.79 Å². The van der Waals surface area contributed by atoms with Crippen molar-refractivity contribution in [3.8, 4) is 6.07 Å². The molecular weight excluding hydrogens is 404 g/mol. The summed E-state index contributed by atoms with van der Waals surface area (Å²) in [5, 5.41) is 13.1. The van der Waals surface area contributed by atoms with Gasteiger partial charge in [0.1, 0.15) is 0 Å². The van der Waals surface area contributed by atoms with Crippen LogP contribution in [0.1, 0.15) is 31.4 Å². The molecule has 1 aromatic heterocycles. The summed E-state index contributed by atoms with van der Waals surface area (Å²) in [6.45, 7) is 2.22.